The molecule has 0 aliphatic carbocycles. The standard InChI is InChI=1S/C23H23FN2O4S/c1-3-21(30-22-11-7-4-8-16(22)2)23(27)25-17-12-14-18(15-13-17)31(28,29)26-20-10-6-5-9-19(20)24/h4-15,21,26H,3H2,1-2H3,(H,25,27)/t21-/m1/s1. The van der Waals surface area contributed by atoms with E-state index in [1.165, 1.54) is 48.5 Å². The molecular weight excluding hydrogens is 419 g/mol. The van der Waals surface area contributed by atoms with Gasteiger partial charge in [-0.15, -0.1) is 0 Å². The van der Waals surface area contributed by atoms with Crippen LogP contribution in [0.3, 0.4) is 0 Å². The molecule has 1 amide bonds. The number of aryl methyl sites for hydroxylation is 1. The van der Waals surface area contributed by atoms with Crippen LogP contribution in [-0.2, 0) is 14.8 Å². The zero-order valence-corrected chi connectivity index (χ0v) is 17.9. The summed E-state index contributed by atoms with van der Waals surface area (Å²) in [4.78, 5) is 12.6. The highest BCUT2D eigenvalue weighted by Gasteiger charge is 2.20. The zero-order chi connectivity index (χ0) is 22.4. The maximum atomic E-state index is 13.7. The summed E-state index contributed by atoms with van der Waals surface area (Å²) in [5, 5.41) is 2.73. The number of carbonyl (C=O) groups is 1. The van der Waals surface area contributed by atoms with Crippen molar-refractivity contribution in [3.63, 3.8) is 0 Å². The van der Waals surface area contributed by atoms with Gasteiger partial charge in [-0.2, -0.15) is 0 Å². The molecule has 0 aliphatic heterocycles. The van der Waals surface area contributed by atoms with E-state index >= 15 is 0 Å². The molecule has 0 bridgehead atoms. The summed E-state index contributed by atoms with van der Waals surface area (Å²) in [5.74, 6) is -0.384. The maximum Gasteiger partial charge on any atom is 0.265 e. The zero-order valence-electron chi connectivity index (χ0n) is 17.1. The van der Waals surface area contributed by atoms with Crippen LogP contribution in [0, 0.1) is 12.7 Å². The van der Waals surface area contributed by atoms with Crippen molar-refractivity contribution in [1.82, 2.24) is 0 Å². The number of carbonyl (C=O) groups excluding carboxylic acids is 1. The molecule has 3 aromatic carbocycles. The molecule has 0 saturated carbocycles. The molecule has 8 heteroatoms. The number of rotatable bonds is 8. The molecule has 0 radical (unpaired) electrons. The van der Waals surface area contributed by atoms with Crippen LogP contribution in [0.2, 0.25) is 0 Å². The average molecular weight is 443 g/mol. The van der Waals surface area contributed by atoms with E-state index in [-0.39, 0.29) is 16.5 Å². The summed E-state index contributed by atoms with van der Waals surface area (Å²) >= 11 is 0. The summed E-state index contributed by atoms with van der Waals surface area (Å²) < 4.78 is 46.8. The minimum absolute atomic E-state index is 0.0584. The topological polar surface area (TPSA) is 84.5 Å². The lowest BCUT2D eigenvalue weighted by atomic mass is 10.2. The minimum Gasteiger partial charge on any atom is -0.480 e. The van der Waals surface area contributed by atoms with Gasteiger partial charge in [0.1, 0.15) is 11.6 Å². The molecule has 1 atom stereocenters. The third-order valence-electron chi connectivity index (χ3n) is 4.58. The first-order valence-corrected chi connectivity index (χ1v) is 11.2. The third kappa shape index (κ3) is 5.61. The van der Waals surface area contributed by atoms with Crippen molar-refractivity contribution in [2.75, 3.05) is 10.0 Å². The first-order chi connectivity index (χ1) is 14.8. The molecule has 6 nitrogen and oxygen atoms in total. The van der Waals surface area contributed by atoms with Crippen LogP contribution in [0.25, 0.3) is 0 Å². The number of benzene rings is 3. The Morgan fingerprint density at radius 1 is 1.00 bits per heavy atom. The van der Waals surface area contributed by atoms with E-state index in [0.717, 1.165) is 5.56 Å². The van der Waals surface area contributed by atoms with Crippen LogP contribution in [0.15, 0.2) is 77.7 Å². The Bertz CT molecular complexity index is 1160. The second-order valence-corrected chi connectivity index (χ2v) is 8.56. The smallest absolute Gasteiger partial charge is 0.265 e. The molecule has 3 aromatic rings. The van der Waals surface area contributed by atoms with E-state index < -0.39 is 21.9 Å². The summed E-state index contributed by atoms with van der Waals surface area (Å²) in [5.41, 5.74) is 1.20. The van der Waals surface area contributed by atoms with Crippen LogP contribution in [0.5, 0.6) is 5.75 Å². The van der Waals surface area contributed by atoms with Gasteiger partial charge in [-0.3, -0.25) is 9.52 Å². The van der Waals surface area contributed by atoms with E-state index in [2.05, 4.69) is 10.0 Å². The molecule has 0 saturated heterocycles. The number of ether oxygens (including phenoxy) is 1. The Balaban J connectivity index is 1.68. The van der Waals surface area contributed by atoms with E-state index in [9.17, 15) is 17.6 Å². The van der Waals surface area contributed by atoms with Gasteiger partial charge in [0.25, 0.3) is 15.9 Å². The number of hydrogen-bond acceptors (Lipinski definition) is 4. The number of hydrogen-bond donors (Lipinski definition) is 2. The van der Waals surface area contributed by atoms with Crippen LogP contribution in [0.4, 0.5) is 15.8 Å². The largest absolute Gasteiger partial charge is 0.480 e. The summed E-state index contributed by atoms with van der Waals surface area (Å²) in [6, 6.07) is 18.5. The maximum absolute atomic E-state index is 13.7. The second kappa shape index (κ2) is 9.61. The lowest BCUT2D eigenvalue weighted by Crippen LogP contribution is -2.32. The summed E-state index contributed by atoms with van der Waals surface area (Å²) in [7, 11) is -3.97. The van der Waals surface area contributed by atoms with Gasteiger partial charge >= 0.3 is 0 Å². The van der Waals surface area contributed by atoms with Crippen molar-refractivity contribution < 1.29 is 22.3 Å². The van der Waals surface area contributed by atoms with Crippen molar-refractivity contribution in [3.05, 3.63) is 84.2 Å². The van der Waals surface area contributed by atoms with E-state index in [1.807, 2.05) is 32.0 Å². The Hall–Kier alpha value is -3.39. The van der Waals surface area contributed by atoms with Crippen LogP contribution >= 0.6 is 0 Å². The molecule has 2 N–H and O–H groups in total. The fourth-order valence-corrected chi connectivity index (χ4v) is 3.92. The van der Waals surface area contributed by atoms with Gasteiger partial charge in [0, 0.05) is 5.69 Å². The Labute approximate surface area is 181 Å². The highest BCUT2D eigenvalue weighted by atomic mass is 32.2. The highest BCUT2D eigenvalue weighted by molar-refractivity contribution is 7.92. The Morgan fingerprint density at radius 3 is 2.29 bits per heavy atom. The van der Waals surface area contributed by atoms with Crippen LogP contribution < -0.4 is 14.8 Å². The van der Waals surface area contributed by atoms with Gasteiger partial charge in [-0.1, -0.05) is 37.3 Å². The summed E-state index contributed by atoms with van der Waals surface area (Å²) in [6.07, 6.45) is -0.244. The molecule has 0 aromatic heterocycles. The molecule has 31 heavy (non-hydrogen) atoms. The molecule has 0 aliphatic rings. The molecule has 3 rings (SSSR count). The van der Waals surface area contributed by atoms with Crippen LogP contribution in [0.1, 0.15) is 18.9 Å². The van der Waals surface area contributed by atoms with Crippen molar-refractivity contribution >= 4 is 27.3 Å². The number of sulfonamides is 1. The first-order valence-electron chi connectivity index (χ1n) is 9.70. The average Bonchev–Trinajstić information content (AvgIpc) is 2.75. The lowest BCUT2D eigenvalue weighted by Gasteiger charge is -2.18. The fourth-order valence-electron chi connectivity index (χ4n) is 2.85. The first kappa shape index (κ1) is 22.3. The molecule has 0 heterocycles. The number of para-hydroxylation sites is 2. The molecule has 0 spiro atoms. The molecule has 162 valence electrons. The monoisotopic (exact) mass is 442 g/mol. The minimum atomic E-state index is -3.97. The predicted octanol–water partition coefficient (Wildman–Crippen LogP) is 4.73. The van der Waals surface area contributed by atoms with Gasteiger partial charge in [0.2, 0.25) is 0 Å². The molecule has 0 unspecified atom stereocenters. The number of halogens is 1. The SMILES string of the molecule is CC[C@@H](Oc1ccccc1C)C(=O)Nc1ccc(S(=O)(=O)Nc2ccccc2F)cc1. The Morgan fingerprint density at radius 2 is 1.65 bits per heavy atom. The van der Waals surface area contributed by atoms with Crippen molar-refractivity contribution in [2.45, 2.75) is 31.3 Å². The van der Waals surface area contributed by atoms with Crippen molar-refractivity contribution in [2.24, 2.45) is 0 Å². The fraction of sp³-hybridized carbons (Fsp3) is 0.174. The lowest BCUT2D eigenvalue weighted by molar-refractivity contribution is -0.122. The van der Waals surface area contributed by atoms with Gasteiger partial charge in [0.05, 0.1) is 10.6 Å². The van der Waals surface area contributed by atoms with Gasteiger partial charge in [-0.05, 0) is 61.4 Å². The quantitative estimate of drug-likeness (QED) is 0.528. The van der Waals surface area contributed by atoms with Gasteiger partial charge in [-0.25, -0.2) is 12.8 Å². The third-order valence-corrected chi connectivity index (χ3v) is 5.96. The highest BCUT2D eigenvalue weighted by Crippen LogP contribution is 2.22. The van der Waals surface area contributed by atoms with Crippen molar-refractivity contribution in [1.29, 1.82) is 0 Å². The van der Waals surface area contributed by atoms with Gasteiger partial charge in [0.15, 0.2) is 6.10 Å². The summed E-state index contributed by atoms with van der Waals surface area (Å²) in [6.45, 7) is 3.74. The number of nitrogens with one attached hydrogen (secondary N) is 2. The molecule has 0 fully saturated rings. The van der Waals surface area contributed by atoms with Crippen molar-refractivity contribution in [3.8, 4) is 5.75 Å². The molecular formula is C23H23FN2O4S. The number of amides is 1. The van der Waals surface area contributed by atoms with E-state index in [1.54, 1.807) is 6.07 Å². The van der Waals surface area contributed by atoms with Gasteiger partial charge < -0.3 is 10.1 Å². The second-order valence-electron chi connectivity index (χ2n) is 6.88. The normalized spacial score (nSPS) is 12.1. The Kier molecular flexibility index (Phi) is 6.91. The number of anilines is 2. The predicted molar refractivity (Wildman–Crippen MR) is 118 cm³/mol. The van der Waals surface area contributed by atoms with E-state index in [4.69, 9.17) is 4.74 Å². The van der Waals surface area contributed by atoms with E-state index in [0.29, 0.717) is 17.9 Å². The van der Waals surface area contributed by atoms with Crippen LogP contribution in [-0.4, -0.2) is 20.4 Å².